The molecule has 1 aromatic heterocycles. The van der Waals surface area contributed by atoms with Crippen LogP contribution in [0.5, 0.6) is 5.75 Å². The first-order valence-electron chi connectivity index (χ1n) is 13.3. The Balaban J connectivity index is 1.28. The molecule has 2 aliphatic rings. The summed E-state index contributed by atoms with van der Waals surface area (Å²) in [5.74, 6) is 0.724. The molecule has 0 amide bonds. The molecule has 3 aromatic rings. The van der Waals surface area contributed by atoms with E-state index < -0.39 is 11.6 Å². The summed E-state index contributed by atoms with van der Waals surface area (Å²) in [6.45, 7) is 7.79. The van der Waals surface area contributed by atoms with Crippen molar-refractivity contribution in [2.75, 3.05) is 0 Å². The monoisotopic (exact) mass is 613 g/mol. The van der Waals surface area contributed by atoms with Crippen LogP contribution in [0.2, 0.25) is 15.1 Å². The third-order valence-electron chi connectivity index (χ3n) is 7.88. The number of halogens is 3. The molecule has 9 heteroatoms. The Hall–Kier alpha value is -3.03. The van der Waals surface area contributed by atoms with Gasteiger partial charge < -0.3 is 19.5 Å². The highest BCUT2D eigenvalue weighted by Gasteiger charge is 2.46. The van der Waals surface area contributed by atoms with Crippen molar-refractivity contribution in [3.8, 4) is 17.0 Å². The summed E-state index contributed by atoms with van der Waals surface area (Å²) in [5, 5.41) is 26.0. The van der Waals surface area contributed by atoms with E-state index in [2.05, 4.69) is 11.7 Å². The molecule has 2 N–H and O–H groups in total. The first-order chi connectivity index (χ1) is 19.5. The van der Waals surface area contributed by atoms with Crippen molar-refractivity contribution < 1.29 is 24.3 Å². The quantitative estimate of drug-likeness (QED) is 0.175. The molecule has 0 aliphatic heterocycles. The van der Waals surface area contributed by atoms with Crippen molar-refractivity contribution in [3.63, 3.8) is 0 Å². The van der Waals surface area contributed by atoms with Gasteiger partial charge in [0, 0.05) is 22.6 Å². The fraction of sp³-hybridized carbons (Fsp3) is 0.312. The van der Waals surface area contributed by atoms with Gasteiger partial charge in [0.2, 0.25) is 0 Å². The fourth-order valence-electron chi connectivity index (χ4n) is 5.14. The minimum atomic E-state index is -1.09. The number of hydrogen-bond acceptors (Lipinski definition) is 5. The first kappa shape index (κ1) is 29.5. The van der Waals surface area contributed by atoms with E-state index in [1.165, 1.54) is 6.92 Å². The van der Waals surface area contributed by atoms with Crippen molar-refractivity contribution >= 4 is 40.8 Å². The maximum atomic E-state index is 11.3. The normalized spacial score (nSPS) is 21.0. The fourth-order valence-corrected chi connectivity index (χ4v) is 6.06. The zero-order valence-corrected chi connectivity index (χ0v) is 25.0. The number of carboxylic acids is 1. The van der Waals surface area contributed by atoms with Crippen LogP contribution in [0.4, 0.5) is 0 Å². The summed E-state index contributed by atoms with van der Waals surface area (Å²) in [6, 6.07) is 10.6. The van der Waals surface area contributed by atoms with Crippen LogP contribution in [-0.2, 0) is 17.0 Å². The summed E-state index contributed by atoms with van der Waals surface area (Å²) in [6.07, 6.45) is 6.29. The lowest BCUT2D eigenvalue weighted by Crippen LogP contribution is -2.42. The maximum Gasteiger partial charge on any atom is 0.331 e. The molecule has 2 aromatic carbocycles. The average Bonchev–Trinajstić information content (AvgIpc) is 3.68. The summed E-state index contributed by atoms with van der Waals surface area (Å²) in [7, 11) is 0. The summed E-state index contributed by atoms with van der Waals surface area (Å²) in [5.41, 5.74) is 3.52. The lowest BCUT2D eigenvalue weighted by Gasteiger charge is -2.45. The standard InChI is InChI=1S/C32H30Cl3NO5/c1-17(7-8-18(2)31(37)38)19(3)21-14-32(39,15-21)24-12-11-22(13-27(24)35)40-16-23-29(36-41-30(23)20-9-10-20)28-25(33)5-4-6-26(28)34/h4-8,11-13,20-21,39H,3,9-10,14-16H2,1-2H3,(H,37,38)/b17-7-,18-8+/t21-,32-. The van der Waals surface area contributed by atoms with Gasteiger partial charge in [0.1, 0.15) is 23.8 Å². The molecular formula is C32H30Cl3NO5. The van der Waals surface area contributed by atoms with E-state index in [1.807, 2.05) is 6.92 Å². The third-order valence-corrected chi connectivity index (χ3v) is 8.82. The van der Waals surface area contributed by atoms with Gasteiger partial charge in [0.05, 0.1) is 26.2 Å². The second kappa shape index (κ2) is 11.7. The molecule has 41 heavy (non-hydrogen) atoms. The number of benzene rings is 2. The second-order valence-electron chi connectivity index (χ2n) is 10.8. The molecule has 0 saturated heterocycles. The Morgan fingerprint density at radius 1 is 1.10 bits per heavy atom. The highest BCUT2D eigenvalue weighted by Crippen LogP contribution is 2.52. The molecular weight excluding hydrogens is 585 g/mol. The van der Waals surface area contributed by atoms with Crippen LogP contribution in [-0.4, -0.2) is 21.3 Å². The minimum Gasteiger partial charge on any atom is -0.489 e. The van der Waals surface area contributed by atoms with Gasteiger partial charge in [-0.1, -0.05) is 70.8 Å². The van der Waals surface area contributed by atoms with Gasteiger partial charge in [0.15, 0.2) is 0 Å². The number of rotatable bonds is 10. The molecule has 5 rings (SSSR count). The van der Waals surface area contributed by atoms with Gasteiger partial charge in [-0.05, 0) is 80.9 Å². The molecule has 1 heterocycles. The predicted molar refractivity (Wildman–Crippen MR) is 161 cm³/mol. The zero-order chi connectivity index (χ0) is 29.5. The second-order valence-corrected chi connectivity index (χ2v) is 12.1. The van der Waals surface area contributed by atoms with Crippen molar-refractivity contribution in [1.82, 2.24) is 5.16 Å². The number of nitrogens with zero attached hydrogens (tertiary/aromatic N) is 1. The van der Waals surface area contributed by atoms with E-state index in [4.69, 9.17) is 49.2 Å². The van der Waals surface area contributed by atoms with Crippen LogP contribution in [0.1, 0.15) is 62.3 Å². The third kappa shape index (κ3) is 6.12. The summed E-state index contributed by atoms with van der Waals surface area (Å²) < 4.78 is 11.9. The number of aromatic nitrogens is 1. The Bertz CT molecular complexity index is 1560. The van der Waals surface area contributed by atoms with Crippen molar-refractivity contribution in [3.05, 3.63) is 104 Å². The predicted octanol–water partition coefficient (Wildman–Crippen LogP) is 8.89. The Morgan fingerprint density at radius 3 is 2.37 bits per heavy atom. The Labute approximate surface area is 253 Å². The van der Waals surface area contributed by atoms with Crippen molar-refractivity contribution in [2.45, 2.75) is 57.7 Å². The van der Waals surface area contributed by atoms with E-state index in [-0.39, 0.29) is 18.1 Å². The first-order valence-corrected chi connectivity index (χ1v) is 14.5. The number of allylic oxidation sites excluding steroid dienone is 4. The number of hydrogen-bond donors (Lipinski definition) is 2. The lowest BCUT2D eigenvalue weighted by molar-refractivity contribution is -0.132. The van der Waals surface area contributed by atoms with Crippen LogP contribution >= 0.6 is 34.8 Å². The SMILES string of the molecule is C=C(/C(C)=C\C=C(/C)C(=O)O)[C@H]1C[C@@](O)(c2ccc(OCc3c(-c4c(Cl)cccc4Cl)noc3C3CC3)cc2Cl)C1. The van der Waals surface area contributed by atoms with Crippen LogP contribution < -0.4 is 4.74 Å². The van der Waals surface area contributed by atoms with Crippen LogP contribution in [0, 0.1) is 5.92 Å². The average molecular weight is 615 g/mol. The topological polar surface area (TPSA) is 92.8 Å². The Kier molecular flexibility index (Phi) is 8.40. The molecule has 2 saturated carbocycles. The van der Waals surface area contributed by atoms with Gasteiger partial charge in [0.25, 0.3) is 0 Å². The van der Waals surface area contributed by atoms with Gasteiger partial charge in [-0.2, -0.15) is 0 Å². The van der Waals surface area contributed by atoms with E-state index in [1.54, 1.807) is 48.6 Å². The van der Waals surface area contributed by atoms with E-state index in [0.717, 1.165) is 35.3 Å². The van der Waals surface area contributed by atoms with Gasteiger partial charge >= 0.3 is 5.97 Å². The van der Waals surface area contributed by atoms with Gasteiger partial charge in [-0.3, -0.25) is 0 Å². The van der Waals surface area contributed by atoms with Crippen molar-refractivity contribution in [1.29, 1.82) is 0 Å². The van der Waals surface area contributed by atoms with Gasteiger partial charge in [-0.15, -0.1) is 0 Å². The molecule has 0 unspecified atom stereocenters. The number of carbonyl (C=O) groups is 1. The lowest BCUT2D eigenvalue weighted by atomic mass is 9.64. The number of aliphatic carboxylic acids is 1. The van der Waals surface area contributed by atoms with E-state index in [9.17, 15) is 9.90 Å². The van der Waals surface area contributed by atoms with Crippen LogP contribution in [0.25, 0.3) is 11.3 Å². The summed E-state index contributed by atoms with van der Waals surface area (Å²) >= 11 is 19.6. The van der Waals surface area contributed by atoms with E-state index >= 15 is 0 Å². The smallest absolute Gasteiger partial charge is 0.331 e. The molecule has 0 bridgehead atoms. The van der Waals surface area contributed by atoms with Crippen LogP contribution in [0.3, 0.4) is 0 Å². The number of ether oxygens (including phenoxy) is 1. The highest BCUT2D eigenvalue weighted by atomic mass is 35.5. The largest absolute Gasteiger partial charge is 0.489 e. The number of carboxylic acid groups (broad SMARTS) is 1. The zero-order valence-electron chi connectivity index (χ0n) is 22.7. The molecule has 2 aliphatic carbocycles. The maximum absolute atomic E-state index is 11.3. The van der Waals surface area contributed by atoms with Crippen molar-refractivity contribution in [2.24, 2.45) is 5.92 Å². The molecule has 214 valence electrons. The molecule has 0 spiro atoms. The van der Waals surface area contributed by atoms with E-state index in [0.29, 0.717) is 56.4 Å². The molecule has 0 radical (unpaired) electrons. The molecule has 6 nitrogen and oxygen atoms in total. The summed E-state index contributed by atoms with van der Waals surface area (Å²) in [4.78, 5) is 11.0. The minimum absolute atomic E-state index is 0.0614. The highest BCUT2D eigenvalue weighted by molar-refractivity contribution is 6.39. The molecule has 2 fully saturated rings. The van der Waals surface area contributed by atoms with Gasteiger partial charge in [-0.25, -0.2) is 4.79 Å². The Morgan fingerprint density at radius 2 is 1.76 bits per heavy atom. The number of aliphatic hydroxyl groups is 1. The van der Waals surface area contributed by atoms with Crippen LogP contribution in [0.15, 0.2) is 76.4 Å². The molecule has 0 atom stereocenters.